The van der Waals surface area contributed by atoms with E-state index in [0.29, 0.717) is 49.8 Å². The fourth-order valence-electron chi connectivity index (χ4n) is 4.61. The number of aryl methyl sites for hydroxylation is 1. The van der Waals surface area contributed by atoms with Crippen LogP contribution in [0.3, 0.4) is 0 Å². The Bertz CT molecular complexity index is 1020. The van der Waals surface area contributed by atoms with Gasteiger partial charge in [-0.2, -0.15) is 0 Å². The predicted molar refractivity (Wildman–Crippen MR) is 120 cm³/mol. The number of carbonyl (C=O) groups is 3. The van der Waals surface area contributed by atoms with Crippen molar-refractivity contribution >= 4 is 23.5 Å². The molecular formula is C25H28N2O5. The Morgan fingerprint density at radius 3 is 2.47 bits per heavy atom. The predicted octanol–water partition coefficient (Wildman–Crippen LogP) is 3.59. The summed E-state index contributed by atoms with van der Waals surface area (Å²) in [5.74, 6) is 0.210. The second kappa shape index (κ2) is 9.53. The molecule has 2 aliphatic rings. The van der Waals surface area contributed by atoms with E-state index in [-0.39, 0.29) is 24.8 Å². The smallest absolute Gasteiger partial charge is 0.407 e. The third-order valence-electron chi connectivity index (χ3n) is 6.30. The highest BCUT2D eigenvalue weighted by Crippen LogP contribution is 2.37. The summed E-state index contributed by atoms with van der Waals surface area (Å²) in [5, 5.41) is 19.8. The van der Waals surface area contributed by atoms with Crippen LogP contribution < -0.4 is 4.90 Å². The summed E-state index contributed by atoms with van der Waals surface area (Å²) in [6.07, 6.45) is 1.44. The Morgan fingerprint density at radius 2 is 1.75 bits per heavy atom. The Hall–Kier alpha value is -3.19. The number of hydrogen-bond donors (Lipinski definition) is 2. The molecule has 1 unspecified atom stereocenters. The standard InChI is InChI=1S/C25H28N2O5/c28-21(20-14-18-9-10-23(30)27-13-11-19(15-20)24(18)27)8-4-5-12-26(25(31)32)16-22(29)17-6-2-1-3-7-17/h1-3,6-7,14-15,22,29H,4-5,8-13,16H2,(H,31,32). The van der Waals surface area contributed by atoms with Gasteiger partial charge in [0.1, 0.15) is 0 Å². The maximum atomic E-state index is 12.8. The molecule has 7 nitrogen and oxygen atoms in total. The van der Waals surface area contributed by atoms with Gasteiger partial charge >= 0.3 is 6.09 Å². The summed E-state index contributed by atoms with van der Waals surface area (Å²) in [4.78, 5) is 39.4. The Morgan fingerprint density at radius 1 is 1.03 bits per heavy atom. The van der Waals surface area contributed by atoms with Gasteiger partial charge in [-0.15, -0.1) is 0 Å². The molecule has 1 atom stereocenters. The van der Waals surface area contributed by atoms with E-state index in [1.807, 2.05) is 23.1 Å². The topological polar surface area (TPSA) is 98.2 Å². The molecule has 2 aliphatic heterocycles. The first kappa shape index (κ1) is 22.0. The number of amides is 2. The van der Waals surface area contributed by atoms with Crippen LogP contribution in [0.5, 0.6) is 0 Å². The van der Waals surface area contributed by atoms with Crippen molar-refractivity contribution in [3.63, 3.8) is 0 Å². The van der Waals surface area contributed by atoms with Crippen molar-refractivity contribution in [3.8, 4) is 0 Å². The highest BCUT2D eigenvalue weighted by Gasteiger charge is 2.31. The zero-order valence-corrected chi connectivity index (χ0v) is 18.0. The number of Topliss-reactive ketones (excluding diaryl/α,β-unsaturated/α-hetero) is 1. The van der Waals surface area contributed by atoms with Gasteiger partial charge in [0.05, 0.1) is 18.3 Å². The van der Waals surface area contributed by atoms with Gasteiger partial charge in [0, 0.05) is 31.5 Å². The molecule has 0 saturated heterocycles. The van der Waals surface area contributed by atoms with Gasteiger partial charge in [-0.25, -0.2) is 4.79 Å². The molecule has 2 heterocycles. The fraction of sp³-hybridized carbons (Fsp3) is 0.400. The number of benzene rings is 2. The number of carboxylic acid groups (broad SMARTS) is 1. The van der Waals surface area contributed by atoms with Gasteiger partial charge < -0.3 is 20.0 Å². The number of anilines is 1. The lowest BCUT2D eigenvalue weighted by atomic mass is 9.94. The van der Waals surface area contributed by atoms with Gasteiger partial charge in [-0.3, -0.25) is 9.59 Å². The van der Waals surface area contributed by atoms with E-state index < -0.39 is 12.2 Å². The summed E-state index contributed by atoms with van der Waals surface area (Å²) in [5.41, 5.74) is 4.52. The molecule has 7 heteroatoms. The van der Waals surface area contributed by atoms with Crippen LogP contribution in [0.25, 0.3) is 0 Å². The van der Waals surface area contributed by atoms with Crippen LogP contribution in [0.15, 0.2) is 42.5 Å². The molecule has 0 aromatic heterocycles. The monoisotopic (exact) mass is 436 g/mol. The molecule has 4 rings (SSSR count). The van der Waals surface area contributed by atoms with Crippen LogP contribution in [-0.2, 0) is 17.6 Å². The van der Waals surface area contributed by atoms with Crippen molar-refractivity contribution < 1.29 is 24.6 Å². The first-order valence-electron chi connectivity index (χ1n) is 11.1. The molecule has 32 heavy (non-hydrogen) atoms. The molecule has 2 amide bonds. The first-order valence-corrected chi connectivity index (χ1v) is 11.1. The first-order chi connectivity index (χ1) is 15.4. The average Bonchev–Trinajstić information content (AvgIpc) is 3.23. The maximum absolute atomic E-state index is 12.8. The van der Waals surface area contributed by atoms with Gasteiger partial charge in [0.25, 0.3) is 0 Å². The largest absolute Gasteiger partial charge is 0.465 e. The van der Waals surface area contributed by atoms with Crippen LogP contribution in [0.4, 0.5) is 10.5 Å². The van der Waals surface area contributed by atoms with Crippen LogP contribution in [0.1, 0.15) is 58.8 Å². The van der Waals surface area contributed by atoms with Crippen LogP contribution in [0, 0.1) is 0 Å². The maximum Gasteiger partial charge on any atom is 0.407 e. The lowest BCUT2D eigenvalue weighted by Gasteiger charge is -2.25. The van der Waals surface area contributed by atoms with Crippen LogP contribution in [0.2, 0.25) is 0 Å². The van der Waals surface area contributed by atoms with Crippen LogP contribution >= 0.6 is 0 Å². The van der Waals surface area contributed by atoms with Crippen molar-refractivity contribution in [1.82, 2.24) is 4.90 Å². The second-order valence-electron chi connectivity index (χ2n) is 8.47. The number of hydrogen-bond acceptors (Lipinski definition) is 4. The fourth-order valence-corrected chi connectivity index (χ4v) is 4.61. The van der Waals surface area contributed by atoms with E-state index in [0.717, 1.165) is 23.2 Å². The average molecular weight is 437 g/mol. The molecule has 0 spiro atoms. The van der Waals surface area contributed by atoms with E-state index in [1.54, 1.807) is 24.3 Å². The lowest BCUT2D eigenvalue weighted by molar-refractivity contribution is -0.118. The summed E-state index contributed by atoms with van der Waals surface area (Å²) in [6.45, 7) is 0.953. The molecule has 0 aliphatic carbocycles. The highest BCUT2D eigenvalue weighted by molar-refractivity contribution is 6.02. The summed E-state index contributed by atoms with van der Waals surface area (Å²) >= 11 is 0. The van der Waals surface area contributed by atoms with Gasteiger partial charge in [-0.1, -0.05) is 30.3 Å². The quantitative estimate of drug-likeness (QED) is 0.462. The summed E-state index contributed by atoms with van der Waals surface area (Å²) in [7, 11) is 0. The summed E-state index contributed by atoms with van der Waals surface area (Å²) < 4.78 is 0. The second-order valence-corrected chi connectivity index (χ2v) is 8.47. The van der Waals surface area contributed by atoms with E-state index in [4.69, 9.17) is 0 Å². The lowest BCUT2D eigenvalue weighted by Crippen LogP contribution is -2.34. The van der Waals surface area contributed by atoms with Crippen molar-refractivity contribution in [3.05, 3.63) is 64.7 Å². The van der Waals surface area contributed by atoms with Crippen molar-refractivity contribution in [1.29, 1.82) is 0 Å². The van der Waals surface area contributed by atoms with Crippen molar-refractivity contribution in [2.75, 3.05) is 24.5 Å². The number of nitrogens with zero attached hydrogens (tertiary/aromatic N) is 2. The third kappa shape index (κ3) is 4.67. The zero-order chi connectivity index (χ0) is 22.7. The molecule has 0 bridgehead atoms. The number of ketones is 1. The van der Waals surface area contributed by atoms with Crippen molar-refractivity contribution in [2.45, 2.75) is 44.6 Å². The number of carbonyl (C=O) groups excluding carboxylic acids is 2. The van der Waals surface area contributed by atoms with Crippen LogP contribution in [-0.4, -0.2) is 52.5 Å². The molecule has 2 aromatic carbocycles. The molecule has 2 N–H and O–H groups in total. The number of aliphatic hydroxyl groups excluding tert-OH is 1. The Balaban J connectivity index is 1.30. The van der Waals surface area contributed by atoms with Crippen molar-refractivity contribution in [2.24, 2.45) is 0 Å². The molecule has 168 valence electrons. The summed E-state index contributed by atoms with van der Waals surface area (Å²) in [6, 6.07) is 12.8. The molecule has 2 aromatic rings. The highest BCUT2D eigenvalue weighted by atomic mass is 16.4. The van der Waals surface area contributed by atoms with E-state index in [1.165, 1.54) is 4.90 Å². The van der Waals surface area contributed by atoms with E-state index >= 15 is 0 Å². The number of aliphatic hydroxyl groups is 1. The molecule has 0 saturated carbocycles. The van der Waals surface area contributed by atoms with Gasteiger partial charge in [0.15, 0.2) is 5.78 Å². The Labute approximate surface area is 187 Å². The minimum atomic E-state index is -1.08. The SMILES string of the molecule is O=C(CCCCN(CC(O)c1ccccc1)C(=O)O)c1cc2c3c(c1)CCN3C(=O)CC2. The molecular weight excluding hydrogens is 408 g/mol. The van der Waals surface area contributed by atoms with Gasteiger partial charge in [0.2, 0.25) is 5.91 Å². The molecule has 0 fully saturated rings. The zero-order valence-electron chi connectivity index (χ0n) is 18.0. The normalized spacial score (nSPS) is 15.4. The third-order valence-corrected chi connectivity index (χ3v) is 6.30. The Kier molecular flexibility index (Phi) is 6.55. The number of rotatable bonds is 9. The minimum Gasteiger partial charge on any atom is -0.465 e. The number of unbranched alkanes of at least 4 members (excludes halogenated alkanes) is 1. The van der Waals surface area contributed by atoms with Gasteiger partial charge in [-0.05, 0) is 54.5 Å². The minimum absolute atomic E-state index is 0.00328. The molecule has 0 radical (unpaired) electrons. The van der Waals surface area contributed by atoms with E-state index in [2.05, 4.69) is 0 Å². The van der Waals surface area contributed by atoms with E-state index in [9.17, 15) is 24.6 Å².